The summed E-state index contributed by atoms with van der Waals surface area (Å²) < 4.78 is 5.53. The fourth-order valence-corrected chi connectivity index (χ4v) is 2.24. The molecule has 0 bridgehead atoms. The Morgan fingerprint density at radius 3 is 2.83 bits per heavy atom. The number of H-pyrrole nitrogens is 1. The molecule has 0 saturated carbocycles. The largest absolute Gasteiger partial charge is 0.484 e. The molecule has 0 radical (unpaired) electrons. The number of carbonyl (C=O) groups is 1. The SMILES string of the molecule is CN(C)C(=O)COc1cccc(CNc2nc3ccccc3[nH]2)c1. The molecule has 0 aliphatic carbocycles. The summed E-state index contributed by atoms with van der Waals surface area (Å²) in [5.41, 5.74) is 2.98. The maximum atomic E-state index is 11.6. The molecule has 0 spiro atoms. The molecule has 3 aromatic rings. The predicted octanol–water partition coefficient (Wildman–Crippen LogP) is 2.64. The Labute approximate surface area is 140 Å². The highest BCUT2D eigenvalue weighted by Gasteiger charge is 2.06. The summed E-state index contributed by atoms with van der Waals surface area (Å²) in [6.07, 6.45) is 0. The van der Waals surface area contributed by atoms with E-state index >= 15 is 0 Å². The summed E-state index contributed by atoms with van der Waals surface area (Å²) in [6, 6.07) is 15.5. The molecular weight excluding hydrogens is 304 g/mol. The van der Waals surface area contributed by atoms with Gasteiger partial charge in [-0.2, -0.15) is 0 Å². The van der Waals surface area contributed by atoms with Gasteiger partial charge in [0.2, 0.25) is 5.95 Å². The van der Waals surface area contributed by atoms with Crippen molar-refractivity contribution in [2.75, 3.05) is 26.0 Å². The van der Waals surface area contributed by atoms with Crippen molar-refractivity contribution in [1.82, 2.24) is 14.9 Å². The summed E-state index contributed by atoms with van der Waals surface area (Å²) in [5.74, 6) is 1.33. The minimum Gasteiger partial charge on any atom is -0.484 e. The number of para-hydroxylation sites is 2. The summed E-state index contributed by atoms with van der Waals surface area (Å²) in [7, 11) is 3.42. The molecule has 0 unspecified atom stereocenters. The average molecular weight is 324 g/mol. The zero-order valence-corrected chi connectivity index (χ0v) is 13.7. The van der Waals surface area contributed by atoms with Gasteiger partial charge >= 0.3 is 0 Å². The molecule has 3 rings (SSSR count). The molecule has 0 aliphatic rings. The van der Waals surface area contributed by atoms with Gasteiger partial charge in [0.1, 0.15) is 5.75 Å². The van der Waals surface area contributed by atoms with E-state index in [0.717, 1.165) is 22.5 Å². The molecule has 124 valence electrons. The lowest BCUT2D eigenvalue weighted by Crippen LogP contribution is -2.27. The van der Waals surface area contributed by atoms with E-state index in [1.165, 1.54) is 4.90 Å². The zero-order valence-electron chi connectivity index (χ0n) is 13.7. The van der Waals surface area contributed by atoms with Crippen molar-refractivity contribution >= 4 is 22.9 Å². The third kappa shape index (κ3) is 3.84. The molecule has 0 fully saturated rings. The fraction of sp³-hybridized carbons (Fsp3) is 0.222. The molecule has 1 amide bonds. The van der Waals surface area contributed by atoms with E-state index < -0.39 is 0 Å². The Morgan fingerprint density at radius 2 is 2.04 bits per heavy atom. The van der Waals surface area contributed by atoms with Crippen molar-refractivity contribution in [1.29, 1.82) is 0 Å². The second-order valence-electron chi connectivity index (χ2n) is 5.68. The highest BCUT2D eigenvalue weighted by molar-refractivity contribution is 5.77. The van der Waals surface area contributed by atoms with E-state index in [-0.39, 0.29) is 12.5 Å². The quantitative estimate of drug-likeness (QED) is 0.731. The topological polar surface area (TPSA) is 70.2 Å². The standard InChI is InChI=1S/C18H20N4O2/c1-22(2)17(23)12-24-14-7-5-6-13(10-14)11-19-18-20-15-8-3-4-9-16(15)21-18/h3-10H,11-12H2,1-2H3,(H2,19,20,21). The van der Waals surface area contributed by atoms with Crippen LogP contribution in [0, 0.1) is 0 Å². The van der Waals surface area contributed by atoms with Gasteiger partial charge in [-0.05, 0) is 29.8 Å². The highest BCUT2D eigenvalue weighted by atomic mass is 16.5. The van der Waals surface area contributed by atoms with E-state index in [1.54, 1.807) is 14.1 Å². The fourth-order valence-electron chi connectivity index (χ4n) is 2.24. The van der Waals surface area contributed by atoms with Gasteiger partial charge in [-0.1, -0.05) is 24.3 Å². The number of carbonyl (C=O) groups excluding carboxylic acids is 1. The van der Waals surface area contributed by atoms with Crippen molar-refractivity contribution in [3.8, 4) is 5.75 Å². The molecule has 1 aromatic heterocycles. The molecule has 2 N–H and O–H groups in total. The summed E-state index contributed by atoms with van der Waals surface area (Å²) in [4.78, 5) is 20.8. The molecule has 0 atom stereocenters. The van der Waals surface area contributed by atoms with Crippen molar-refractivity contribution in [2.24, 2.45) is 0 Å². The van der Waals surface area contributed by atoms with Crippen molar-refractivity contribution < 1.29 is 9.53 Å². The number of nitrogens with zero attached hydrogens (tertiary/aromatic N) is 2. The molecule has 24 heavy (non-hydrogen) atoms. The van der Waals surface area contributed by atoms with E-state index in [1.807, 2.05) is 48.5 Å². The van der Waals surface area contributed by atoms with E-state index in [0.29, 0.717) is 12.3 Å². The number of rotatable bonds is 6. The first-order valence-corrected chi connectivity index (χ1v) is 7.72. The third-order valence-corrected chi connectivity index (χ3v) is 3.61. The number of ether oxygens (including phenoxy) is 1. The number of benzene rings is 2. The lowest BCUT2D eigenvalue weighted by Gasteiger charge is -2.12. The summed E-state index contributed by atoms with van der Waals surface area (Å²) >= 11 is 0. The Hall–Kier alpha value is -3.02. The first kappa shape index (κ1) is 15.9. The number of hydrogen-bond donors (Lipinski definition) is 2. The number of fused-ring (bicyclic) bond motifs is 1. The van der Waals surface area contributed by atoms with Gasteiger partial charge < -0.3 is 19.9 Å². The number of hydrogen-bond acceptors (Lipinski definition) is 4. The second-order valence-corrected chi connectivity index (χ2v) is 5.68. The number of aromatic nitrogens is 2. The van der Waals surface area contributed by atoms with Crippen LogP contribution in [0.2, 0.25) is 0 Å². The van der Waals surface area contributed by atoms with Crippen LogP contribution in [0.3, 0.4) is 0 Å². The van der Waals surface area contributed by atoms with Gasteiger partial charge in [-0.25, -0.2) is 4.98 Å². The third-order valence-electron chi connectivity index (χ3n) is 3.61. The second kappa shape index (κ2) is 7.04. The van der Waals surface area contributed by atoms with Crippen LogP contribution in [0.1, 0.15) is 5.56 Å². The minimum absolute atomic E-state index is 0.0352. The van der Waals surface area contributed by atoms with Crippen LogP contribution < -0.4 is 10.1 Å². The first-order valence-electron chi connectivity index (χ1n) is 7.72. The zero-order chi connectivity index (χ0) is 16.9. The molecule has 1 heterocycles. The van der Waals surface area contributed by atoms with Crippen LogP contribution >= 0.6 is 0 Å². The Morgan fingerprint density at radius 1 is 1.21 bits per heavy atom. The average Bonchev–Trinajstić information content (AvgIpc) is 3.01. The predicted molar refractivity (Wildman–Crippen MR) is 94.1 cm³/mol. The summed E-state index contributed by atoms with van der Waals surface area (Å²) in [5, 5.41) is 3.26. The lowest BCUT2D eigenvalue weighted by atomic mass is 10.2. The Kier molecular flexibility index (Phi) is 4.65. The molecule has 6 heteroatoms. The summed E-state index contributed by atoms with van der Waals surface area (Å²) in [6.45, 7) is 0.645. The number of aromatic amines is 1. The van der Waals surface area contributed by atoms with E-state index in [4.69, 9.17) is 4.74 Å². The maximum absolute atomic E-state index is 11.6. The van der Waals surface area contributed by atoms with Crippen LogP contribution in [0.25, 0.3) is 11.0 Å². The highest BCUT2D eigenvalue weighted by Crippen LogP contribution is 2.16. The molecule has 6 nitrogen and oxygen atoms in total. The van der Waals surface area contributed by atoms with Gasteiger partial charge in [0.15, 0.2) is 6.61 Å². The Bertz CT molecular complexity index is 809. The number of anilines is 1. The van der Waals surface area contributed by atoms with Gasteiger partial charge in [0.25, 0.3) is 5.91 Å². The van der Waals surface area contributed by atoms with E-state index in [9.17, 15) is 4.79 Å². The van der Waals surface area contributed by atoms with Crippen LogP contribution in [-0.2, 0) is 11.3 Å². The smallest absolute Gasteiger partial charge is 0.259 e. The van der Waals surface area contributed by atoms with Gasteiger partial charge in [-0.3, -0.25) is 4.79 Å². The monoisotopic (exact) mass is 324 g/mol. The van der Waals surface area contributed by atoms with Crippen LogP contribution in [0.5, 0.6) is 5.75 Å². The normalized spacial score (nSPS) is 10.6. The van der Waals surface area contributed by atoms with Gasteiger partial charge in [0, 0.05) is 20.6 Å². The Balaban J connectivity index is 1.61. The lowest BCUT2D eigenvalue weighted by molar-refractivity contribution is -0.130. The molecule has 2 aromatic carbocycles. The maximum Gasteiger partial charge on any atom is 0.259 e. The number of amides is 1. The molecule has 0 aliphatic heterocycles. The number of likely N-dealkylation sites (N-methyl/N-ethyl adjacent to an activating group) is 1. The van der Waals surface area contributed by atoms with E-state index in [2.05, 4.69) is 15.3 Å². The van der Waals surface area contributed by atoms with Gasteiger partial charge in [0.05, 0.1) is 11.0 Å². The minimum atomic E-state index is -0.0687. The van der Waals surface area contributed by atoms with Crippen LogP contribution in [0.4, 0.5) is 5.95 Å². The first-order chi connectivity index (χ1) is 11.6. The molecular formula is C18H20N4O2. The van der Waals surface area contributed by atoms with Crippen molar-refractivity contribution in [3.05, 3.63) is 54.1 Å². The van der Waals surface area contributed by atoms with Crippen LogP contribution in [0.15, 0.2) is 48.5 Å². The number of imidazole rings is 1. The van der Waals surface area contributed by atoms with Crippen LogP contribution in [-0.4, -0.2) is 41.5 Å². The number of nitrogens with one attached hydrogen (secondary N) is 2. The molecule has 0 saturated heterocycles. The van der Waals surface area contributed by atoms with Gasteiger partial charge in [-0.15, -0.1) is 0 Å². The van der Waals surface area contributed by atoms with Crippen molar-refractivity contribution in [2.45, 2.75) is 6.54 Å². The van der Waals surface area contributed by atoms with Crippen molar-refractivity contribution in [3.63, 3.8) is 0 Å².